The SMILES string of the molecule is CCOC(=O)c1nc(C(OC)C2CC2)no1. The number of aromatic nitrogens is 2. The molecular weight excluding hydrogens is 212 g/mol. The van der Waals surface area contributed by atoms with Crippen LogP contribution in [0, 0.1) is 5.92 Å². The van der Waals surface area contributed by atoms with Crippen molar-refractivity contribution in [1.29, 1.82) is 0 Å². The van der Waals surface area contributed by atoms with Crippen molar-refractivity contribution < 1.29 is 18.8 Å². The van der Waals surface area contributed by atoms with Crippen molar-refractivity contribution in [3.63, 3.8) is 0 Å². The molecule has 88 valence electrons. The fourth-order valence-corrected chi connectivity index (χ4v) is 1.53. The summed E-state index contributed by atoms with van der Waals surface area (Å²) in [5.41, 5.74) is 0. The number of carbonyl (C=O) groups is 1. The third kappa shape index (κ3) is 2.21. The van der Waals surface area contributed by atoms with E-state index in [1.54, 1.807) is 14.0 Å². The molecule has 1 unspecified atom stereocenters. The minimum Gasteiger partial charge on any atom is -0.459 e. The number of rotatable bonds is 5. The van der Waals surface area contributed by atoms with Crippen molar-refractivity contribution in [2.45, 2.75) is 25.9 Å². The molecule has 1 aliphatic carbocycles. The van der Waals surface area contributed by atoms with E-state index in [1.807, 2.05) is 0 Å². The zero-order chi connectivity index (χ0) is 11.5. The number of hydrogen-bond acceptors (Lipinski definition) is 6. The van der Waals surface area contributed by atoms with Crippen molar-refractivity contribution in [3.05, 3.63) is 11.7 Å². The zero-order valence-electron chi connectivity index (χ0n) is 9.30. The Bertz CT molecular complexity index is 373. The summed E-state index contributed by atoms with van der Waals surface area (Å²) >= 11 is 0. The minimum atomic E-state index is -0.591. The first-order valence-corrected chi connectivity index (χ1v) is 5.29. The molecule has 6 nitrogen and oxygen atoms in total. The summed E-state index contributed by atoms with van der Waals surface area (Å²) in [6.45, 7) is 2.00. The highest BCUT2D eigenvalue weighted by Crippen LogP contribution is 2.41. The fourth-order valence-electron chi connectivity index (χ4n) is 1.53. The lowest BCUT2D eigenvalue weighted by Gasteiger charge is -2.07. The second-order valence-electron chi connectivity index (χ2n) is 3.67. The van der Waals surface area contributed by atoms with Gasteiger partial charge in [0.15, 0.2) is 0 Å². The van der Waals surface area contributed by atoms with E-state index in [2.05, 4.69) is 10.1 Å². The van der Waals surface area contributed by atoms with Crippen LogP contribution in [0.4, 0.5) is 0 Å². The van der Waals surface area contributed by atoms with Crippen molar-refractivity contribution in [2.24, 2.45) is 5.92 Å². The maximum atomic E-state index is 11.3. The second-order valence-corrected chi connectivity index (χ2v) is 3.67. The Balaban J connectivity index is 2.08. The predicted octanol–water partition coefficient (Wildman–Crippen LogP) is 1.34. The van der Waals surface area contributed by atoms with E-state index in [0.717, 1.165) is 12.8 Å². The second kappa shape index (κ2) is 4.61. The van der Waals surface area contributed by atoms with Gasteiger partial charge in [0.25, 0.3) is 0 Å². The molecule has 0 aliphatic heterocycles. The van der Waals surface area contributed by atoms with E-state index < -0.39 is 5.97 Å². The molecule has 0 radical (unpaired) electrons. The molecule has 0 aromatic carbocycles. The van der Waals surface area contributed by atoms with Crippen LogP contribution in [-0.4, -0.2) is 29.8 Å². The summed E-state index contributed by atoms with van der Waals surface area (Å²) < 4.78 is 14.9. The molecule has 0 N–H and O–H groups in total. The third-order valence-electron chi connectivity index (χ3n) is 2.45. The van der Waals surface area contributed by atoms with Crippen molar-refractivity contribution in [2.75, 3.05) is 13.7 Å². The smallest absolute Gasteiger partial charge is 0.397 e. The van der Waals surface area contributed by atoms with Crippen LogP contribution in [0.25, 0.3) is 0 Å². The Morgan fingerprint density at radius 3 is 2.94 bits per heavy atom. The molecule has 0 bridgehead atoms. The number of hydrogen-bond donors (Lipinski definition) is 0. The fraction of sp³-hybridized carbons (Fsp3) is 0.700. The topological polar surface area (TPSA) is 74.5 Å². The number of ether oxygens (including phenoxy) is 2. The van der Waals surface area contributed by atoms with Crippen LogP contribution in [0.15, 0.2) is 4.52 Å². The molecule has 1 aromatic rings. The average molecular weight is 226 g/mol. The third-order valence-corrected chi connectivity index (χ3v) is 2.45. The molecule has 0 saturated heterocycles. The summed E-state index contributed by atoms with van der Waals surface area (Å²) in [6, 6.07) is 0. The average Bonchev–Trinajstić information content (AvgIpc) is 2.97. The van der Waals surface area contributed by atoms with E-state index in [9.17, 15) is 4.79 Å². The van der Waals surface area contributed by atoms with Gasteiger partial charge in [-0.3, -0.25) is 0 Å². The normalized spacial score (nSPS) is 17.1. The van der Waals surface area contributed by atoms with Gasteiger partial charge in [-0.15, -0.1) is 0 Å². The Morgan fingerprint density at radius 1 is 1.62 bits per heavy atom. The van der Waals surface area contributed by atoms with Crippen LogP contribution in [0.2, 0.25) is 0 Å². The van der Waals surface area contributed by atoms with Gasteiger partial charge in [0, 0.05) is 7.11 Å². The first kappa shape index (κ1) is 11.1. The van der Waals surface area contributed by atoms with Gasteiger partial charge >= 0.3 is 11.9 Å². The Morgan fingerprint density at radius 2 is 2.38 bits per heavy atom. The standard InChI is InChI=1S/C10H14N2O4/c1-3-15-10(13)9-11-8(12-16-9)7(14-2)6-4-5-6/h6-7H,3-5H2,1-2H3. The maximum absolute atomic E-state index is 11.3. The van der Waals surface area contributed by atoms with E-state index in [4.69, 9.17) is 14.0 Å². The highest BCUT2D eigenvalue weighted by atomic mass is 16.6. The van der Waals surface area contributed by atoms with E-state index >= 15 is 0 Å². The number of esters is 1. The Kier molecular flexibility index (Phi) is 3.19. The molecule has 1 atom stereocenters. The van der Waals surface area contributed by atoms with Gasteiger partial charge in [0.1, 0.15) is 6.10 Å². The van der Waals surface area contributed by atoms with Gasteiger partial charge in [-0.05, 0) is 25.7 Å². The van der Waals surface area contributed by atoms with Crippen molar-refractivity contribution >= 4 is 5.97 Å². The van der Waals surface area contributed by atoms with Crippen molar-refractivity contribution in [3.8, 4) is 0 Å². The van der Waals surface area contributed by atoms with Gasteiger partial charge in [-0.1, -0.05) is 5.16 Å². The number of methoxy groups -OCH3 is 1. The van der Waals surface area contributed by atoms with Gasteiger partial charge in [-0.2, -0.15) is 4.98 Å². The summed E-state index contributed by atoms with van der Waals surface area (Å²) in [5.74, 6) is 0.164. The molecule has 0 amide bonds. The molecule has 1 aromatic heterocycles. The summed E-state index contributed by atoms with van der Waals surface area (Å²) in [5, 5.41) is 3.74. The van der Waals surface area contributed by atoms with Gasteiger partial charge in [0.05, 0.1) is 6.61 Å². The lowest BCUT2D eigenvalue weighted by molar-refractivity contribution is 0.0470. The van der Waals surface area contributed by atoms with Crippen LogP contribution < -0.4 is 0 Å². The molecule has 1 aliphatic rings. The lowest BCUT2D eigenvalue weighted by Crippen LogP contribution is -2.08. The first-order chi connectivity index (χ1) is 7.76. The van der Waals surface area contributed by atoms with Crippen LogP contribution >= 0.6 is 0 Å². The molecule has 16 heavy (non-hydrogen) atoms. The molecule has 1 saturated carbocycles. The summed E-state index contributed by atoms with van der Waals surface area (Å²) in [7, 11) is 1.60. The first-order valence-electron chi connectivity index (χ1n) is 5.29. The monoisotopic (exact) mass is 226 g/mol. The minimum absolute atomic E-state index is 0.112. The highest BCUT2D eigenvalue weighted by molar-refractivity contribution is 5.83. The van der Waals surface area contributed by atoms with E-state index in [0.29, 0.717) is 11.7 Å². The Labute approximate surface area is 92.9 Å². The van der Waals surface area contributed by atoms with Gasteiger partial charge < -0.3 is 14.0 Å². The maximum Gasteiger partial charge on any atom is 0.397 e. The van der Waals surface area contributed by atoms with Crippen LogP contribution in [0.5, 0.6) is 0 Å². The van der Waals surface area contributed by atoms with Gasteiger partial charge in [0.2, 0.25) is 5.82 Å². The molecule has 1 fully saturated rings. The van der Waals surface area contributed by atoms with Crippen LogP contribution in [0.1, 0.15) is 42.4 Å². The van der Waals surface area contributed by atoms with Crippen molar-refractivity contribution in [1.82, 2.24) is 10.1 Å². The van der Waals surface area contributed by atoms with Crippen LogP contribution in [-0.2, 0) is 9.47 Å². The van der Waals surface area contributed by atoms with E-state index in [1.165, 1.54) is 0 Å². The van der Waals surface area contributed by atoms with Gasteiger partial charge in [-0.25, -0.2) is 4.79 Å². The Hall–Kier alpha value is -1.43. The largest absolute Gasteiger partial charge is 0.459 e. The summed E-state index contributed by atoms with van der Waals surface area (Å²) in [6.07, 6.45) is 2.02. The zero-order valence-corrected chi connectivity index (χ0v) is 9.30. The van der Waals surface area contributed by atoms with E-state index in [-0.39, 0.29) is 18.6 Å². The number of carbonyl (C=O) groups excluding carboxylic acids is 1. The molecular formula is C10H14N2O4. The lowest BCUT2D eigenvalue weighted by atomic mass is 10.2. The summed E-state index contributed by atoms with van der Waals surface area (Å²) in [4.78, 5) is 15.3. The van der Waals surface area contributed by atoms with Crippen LogP contribution in [0.3, 0.4) is 0 Å². The molecule has 6 heteroatoms. The molecule has 0 spiro atoms. The predicted molar refractivity (Wildman–Crippen MR) is 52.7 cm³/mol. The quantitative estimate of drug-likeness (QED) is 0.705. The highest BCUT2D eigenvalue weighted by Gasteiger charge is 2.36. The molecule has 1 heterocycles. The molecule has 2 rings (SSSR count). The number of nitrogens with zero attached hydrogens (tertiary/aromatic N) is 2.